The van der Waals surface area contributed by atoms with Gasteiger partial charge in [0.25, 0.3) is 0 Å². The lowest BCUT2D eigenvalue weighted by Gasteiger charge is -2.16. The summed E-state index contributed by atoms with van der Waals surface area (Å²) in [5, 5.41) is 9.83. The first kappa shape index (κ1) is 16.1. The van der Waals surface area contributed by atoms with Crippen molar-refractivity contribution in [3.63, 3.8) is 0 Å². The molecule has 19 heavy (non-hydrogen) atoms. The van der Waals surface area contributed by atoms with Crippen LogP contribution in [0.4, 0.5) is 0 Å². The lowest BCUT2D eigenvalue weighted by Crippen LogP contribution is -2.22. The van der Waals surface area contributed by atoms with Gasteiger partial charge in [-0.3, -0.25) is 0 Å². The molecule has 1 aromatic rings. The summed E-state index contributed by atoms with van der Waals surface area (Å²) in [6, 6.07) is 9.63. The normalized spacial score (nSPS) is 16.2. The zero-order valence-electron chi connectivity index (χ0n) is 12.1. The number of aliphatic hydroxyl groups excluding tert-OH is 1. The van der Waals surface area contributed by atoms with Crippen molar-refractivity contribution in [3.8, 4) is 0 Å². The van der Waals surface area contributed by atoms with Crippen LogP contribution >= 0.6 is 0 Å². The van der Waals surface area contributed by atoms with E-state index in [0.717, 1.165) is 5.56 Å². The molecule has 0 unspecified atom stereocenters. The molecule has 0 saturated heterocycles. The van der Waals surface area contributed by atoms with Crippen LogP contribution in [0.3, 0.4) is 0 Å². The zero-order valence-corrected chi connectivity index (χ0v) is 12.9. The quantitative estimate of drug-likeness (QED) is 0.843. The van der Waals surface area contributed by atoms with Crippen LogP contribution in [0, 0.1) is 0 Å². The van der Waals surface area contributed by atoms with Crippen molar-refractivity contribution in [2.24, 2.45) is 4.40 Å². The standard InChI is InChI=1S/C15H23NO2S/c1-5-13(17)11-14(12-9-7-6-8-10-12)16-19(18)15(2,3)4/h6-10,13,17H,5,11H2,1-4H3/b16-14+/t13-,19-/m1/s1. The highest BCUT2D eigenvalue weighted by atomic mass is 32.2. The molecule has 0 aromatic heterocycles. The van der Waals surface area contributed by atoms with Crippen molar-refractivity contribution in [1.29, 1.82) is 0 Å². The molecule has 0 aliphatic heterocycles. The highest BCUT2D eigenvalue weighted by Gasteiger charge is 2.20. The molecule has 0 amide bonds. The Balaban J connectivity index is 3.06. The van der Waals surface area contributed by atoms with Crippen molar-refractivity contribution in [1.82, 2.24) is 0 Å². The average molecular weight is 281 g/mol. The minimum Gasteiger partial charge on any atom is -0.393 e. The molecular weight excluding hydrogens is 258 g/mol. The highest BCUT2D eigenvalue weighted by molar-refractivity contribution is 7.85. The summed E-state index contributed by atoms with van der Waals surface area (Å²) in [5.74, 6) is 0. The molecule has 2 atom stereocenters. The van der Waals surface area contributed by atoms with Gasteiger partial charge in [0.1, 0.15) is 11.0 Å². The Morgan fingerprint density at radius 2 is 1.89 bits per heavy atom. The van der Waals surface area contributed by atoms with Gasteiger partial charge in [-0.25, -0.2) is 4.21 Å². The van der Waals surface area contributed by atoms with E-state index in [4.69, 9.17) is 0 Å². The molecule has 106 valence electrons. The van der Waals surface area contributed by atoms with Crippen LogP contribution < -0.4 is 0 Å². The number of nitrogens with zero attached hydrogens (tertiary/aromatic N) is 1. The second-order valence-electron chi connectivity index (χ2n) is 5.53. The predicted octanol–water partition coefficient (Wildman–Crippen LogP) is 3.10. The highest BCUT2D eigenvalue weighted by Crippen LogP contribution is 2.16. The molecule has 1 rings (SSSR count). The Morgan fingerprint density at radius 3 is 2.37 bits per heavy atom. The van der Waals surface area contributed by atoms with E-state index in [9.17, 15) is 9.32 Å². The minimum absolute atomic E-state index is 0.392. The molecule has 0 aliphatic carbocycles. The van der Waals surface area contributed by atoms with E-state index in [1.165, 1.54) is 0 Å². The fourth-order valence-electron chi connectivity index (χ4n) is 1.44. The largest absolute Gasteiger partial charge is 0.393 e. The summed E-state index contributed by atoms with van der Waals surface area (Å²) in [6.45, 7) is 7.61. The van der Waals surface area contributed by atoms with Crippen LogP contribution in [0.1, 0.15) is 46.1 Å². The third-order valence-corrected chi connectivity index (χ3v) is 4.16. The molecule has 0 fully saturated rings. The summed E-state index contributed by atoms with van der Waals surface area (Å²) in [4.78, 5) is 0. The first-order valence-electron chi connectivity index (χ1n) is 6.57. The average Bonchev–Trinajstić information content (AvgIpc) is 2.37. The van der Waals surface area contributed by atoms with Gasteiger partial charge < -0.3 is 5.11 Å². The summed E-state index contributed by atoms with van der Waals surface area (Å²) < 4.78 is 16.1. The van der Waals surface area contributed by atoms with E-state index in [0.29, 0.717) is 18.6 Å². The van der Waals surface area contributed by atoms with Gasteiger partial charge in [0.05, 0.1) is 16.6 Å². The SMILES string of the molecule is CC[C@@H](O)C/C(=N\[S@](=O)C(C)(C)C)c1ccccc1. The molecule has 0 saturated carbocycles. The number of benzene rings is 1. The number of rotatable bonds is 5. The maximum absolute atomic E-state index is 12.2. The van der Waals surface area contributed by atoms with Crippen LogP contribution in [0.15, 0.2) is 34.7 Å². The van der Waals surface area contributed by atoms with Gasteiger partial charge in [-0.1, -0.05) is 37.3 Å². The summed E-state index contributed by atoms with van der Waals surface area (Å²) in [7, 11) is -1.31. The third-order valence-electron chi connectivity index (χ3n) is 2.72. The maximum atomic E-state index is 12.2. The molecule has 0 radical (unpaired) electrons. The molecule has 0 bridgehead atoms. The van der Waals surface area contributed by atoms with E-state index >= 15 is 0 Å². The maximum Gasteiger partial charge on any atom is 0.145 e. The molecule has 0 aliphatic rings. The molecule has 0 heterocycles. The smallest absolute Gasteiger partial charge is 0.145 e. The lowest BCUT2D eigenvalue weighted by molar-refractivity contribution is 0.178. The molecule has 1 aromatic carbocycles. The van der Waals surface area contributed by atoms with E-state index in [1.54, 1.807) is 0 Å². The van der Waals surface area contributed by atoms with Gasteiger partial charge in [-0.2, -0.15) is 4.40 Å². The van der Waals surface area contributed by atoms with E-state index < -0.39 is 21.8 Å². The predicted molar refractivity (Wildman–Crippen MR) is 81.8 cm³/mol. The van der Waals surface area contributed by atoms with Gasteiger partial charge in [-0.15, -0.1) is 0 Å². The lowest BCUT2D eigenvalue weighted by atomic mass is 10.0. The monoisotopic (exact) mass is 281 g/mol. The summed E-state index contributed by atoms with van der Waals surface area (Å²) >= 11 is 0. The van der Waals surface area contributed by atoms with Crippen LogP contribution in [0.25, 0.3) is 0 Å². The molecule has 4 heteroatoms. The fourth-order valence-corrected chi connectivity index (χ4v) is 2.10. The van der Waals surface area contributed by atoms with E-state index in [-0.39, 0.29) is 0 Å². The van der Waals surface area contributed by atoms with Crippen molar-refractivity contribution < 1.29 is 9.32 Å². The third kappa shape index (κ3) is 5.25. The molecular formula is C15H23NO2S. The van der Waals surface area contributed by atoms with Gasteiger partial charge >= 0.3 is 0 Å². The van der Waals surface area contributed by atoms with Gasteiger partial charge in [0.15, 0.2) is 0 Å². The van der Waals surface area contributed by atoms with Crippen molar-refractivity contribution in [2.45, 2.75) is 51.4 Å². The molecule has 3 nitrogen and oxygen atoms in total. The van der Waals surface area contributed by atoms with Crippen molar-refractivity contribution in [3.05, 3.63) is 35.9 Å². The zero-order chi connectivity index (χ0) is 14.5. The van der Waals surface area contributed by atoms with E-state index in [2.05, 4.69) is 4.40 Å². The van der Waals surface area contributed by atoms with Gasteiger partial charge in [0.2, 0.25) is 0 Å². The van der Waals surface area contributed by atoms with Crippen LogP contribution in [0.5, 0.6) is 0 Å². The fraction of sp³-hybridized carbons (Fsp3) is 0.533. The number of hydrogen-bond acceptors (Lipinski definition) is 2. The first-order chi connectivity index (χ1) is 8.84. The van der Waals surface area contributed by atoms with Crippen molar-refractivity contribution in [2.75, 3.05) is 0 Å². The Morgan fingerprint density at radius 1 is 1.32 bits per heavy atom. The Bertz CT molecular complexity index is 449. The summed E-state index contributed by atoms with van der Waals surface area (Å²) in [6.07, 6.45) is 0.645. The number of hydrogen-bond donors (Lipinski definition) is 1. The second kappa shape index (κ2) is 6.96. The van der Waals surface area contributed by atoms with Gasteiger partial charge in [0, 0.05) is 6.42 Å². The molecule has 1 N–H and O–H groups in total. The van der Waals surface area contributed by atoms with E-state index in [1.807, 2.05) is 58.0 Å². The minimum atomic E-state index is -1.31. The number of aliphatic hydroxyl groups is 1. The Labute approximate surface area is 118 Å². The Hall–Kier alpha value is -1.00. The molecule has 0 spiro atoms. The summed E-state index contributed by atoms with van der Waals surface area (Å²) in [5.41, 5.74) is 1.64. The second-order valence-corrected chi connectivity index (χ2v) is 7.44. The van der Waals surface area contributed by atoms with Crippen molar-refractivity contribution >= 4 is 16.7 Å². The first-order valence-corrected chi connectivity index (χ1v) is 7.68. The van der Waals surface area contributed by atoms with Crippen LogP contribution in [-0.2, 0) is 11.0 Å². The van der Waals surface area contributed by atoms with Gasteiger partial charge in [-0.05, 0) is 32.8 Å². The van der Waals surface area contributed by atoms with Crippen LogP contribution in [-0.4, -0.2) is 25.9 Å². The Kier molecular flexibility index (Phi) is 5.88. The van der Waals surface area contributed by atoms with Crippen LogP contribution in [0.2, 0.25) is 0 Å². The topological polar surface area (TPSA) is 49.7 Å².